The summed E-state index contributed by atoms with van der Waals surface area (Å²) >= 11 is 0. The fraction of sp³-hybridized carbons (Fsp3) is 0.500. The van der Waals surface area contributed by atoms with Gasteiger partial charge in [-0.25, -0.2) is 0 Å². The maximum Gasteiger partial charge on any atom is 0.0750 e. The van der Waals surface area contributed by atoms with E-state index >= 15 is 0 Å². The summed E-state index contributed by atoms with van der Waals surface area (Å²) in [6.07, 6.45) is 4.13. The monoisotopic (exact) mass is 283 g/mol. The lowest BCUT2D eigenvalue weighted by Gasteiger charge is -2.47. The SMILES string of the molecule is CC(C)(C)N1CCCC(N)C1c1cccc2cccnc12. The number of hydrogen-bond donors (Lipinski definition) is 1. The van der Waals surface area contributed by atoms with Gasteiger partial charge in [0.15, 0.2) is 0 Å². The normalized spacial score (nSPS) is 24.4. The molecular formula is C18H25N3. The molecule has 1 saturated heterocycles. The molecule has 3 heteroatoms. The minimum atomic E-state index is 0.111. The summed E-state index contributed by atoms with van der Waals surface area (Å²) in [4.78, 5) is 7.17. The molecule has 1 aromatic carbocycles. The summed E-state index contributed by atoms with van der Waals surface area (Å²) in [6.45, 7) is 7.93. The van der Waals surface area contributed by atoms with Crippen LogP contribution in [0.25, 0.3) is 10.9 Å². The highest BCUT2D eigenvalue weighted by molar-refractivity contribution is 5.82. The molecule has 112 valence electrons. The van der Waals surface area contributed by atoms with Crippen LogP contribution >= 0.6 is 0 Å². The summed E-state index contributed by atoms with van der Waals surface area (Å²) < 4.78 is 0. The van der Waals surface area contributed by atoms with Gasteiger partial charge in [0.25, 0.3) is 0 Å². The van der Waals surface area contributed by atoms with E-state index in [0.29, 0.717) is 0 Å². The topological polar surface area (TPSA) is 42.1 Å². The van der Waals surface area contributed by atoms with Crippen molar-refractivity contribution in [2.75, 3.05) is 6.54 Å². The molecule has 1 fully saturated rings. The average molecular weight is 283 g/mol. The Bertz CT molecular complexity index is 624. The lowest BCUT2D eigenvalue weighted by Crippen LogP contribution is -2.53. The molecule has 21 heavy (non-hydrogen) atoms. The number of rotatable bonds is 1. The second kappa shape index (κ2) is 5.39. The van der Waals surface area contributed by atoms with Crippen LogP contribution in [0.4, 0.5) is 0 Å². The van der Waals surface area contributed by atoms with Crippen LogP contribution < -0.4 is 5.73 Å². The van der Waals surface area contributed by atoms with E-state index in [9.17, 15) is 0 Å². The molecule has 0 spiro atoms. The third kappa shape index (κ3) is 2.68. The summed E-state index contributed by atoms with van der Waals surface area (Å²) in [5, 5.41) is 1.20. The van der Waals surface area contributed by atoms with Gasteiger partial charge >= 0.3 is 0 Å². The molecule has 2 heterocycles. The molecule has 3 rings (SSSR count). The van der Waals surface area contributed by atoms with Crippen LogP contribution in [0.1, 0.15) is 45.2 Å². The van der Waals surface area contributed by atoms with Crippen molar-refractivity contribution in [3.8, 4) is 0 Å². The standard InChI is InChI=1S/C18H25N3/c1-18(2,3)21-12-6-10-15(19)17(21)14-9-4-7-13-8-5-11-20-16(13)14/h4-5,7-9,11,15,17H,6,10,12,19H2,1-3H3. The van der Waals surface area contributed by atoms with Crippen LogP contribution in [-0.2, 0) is 0 Å². The Kier molecular flexibility index (Phi) is 3.72. The molecule has 2 unspecified atom stereocenters. The molecule has 0 radical (unpaired) electrons. The van der Waals surface area contributed by atoms with Gasteiger partial charge in [-0.05, 0) is 51.8 Å². The van der Waals surface area contributed by atoms with Gasteiger partial charge < -0.3 is 5.73 Å². The third-order valence-electron chi connectivity index (χ3n) is 4.52. The van der Waals surface area contributed by atoms with Gasteiger partial charge in [0.05, 0.1) is 11.6 Å². The molecule has 1 aliphatic heterocycles. The Labute approximate surface area is 127 Å². The van der Waals surface area contributed by atoms with Crippen LogP contribution in [0.5, 0.6) is 0 Å². The number of aromatic nitrogens is 1. The third-order valence-corrected chi connectivity index (χ3v) is 4.52. The first-order valence-corrected chi connectivity index (χ1v) is 7.84. The van der Waals surface area contributed by atoms with Gasteiger partial charge in [0, 0.05) is 23.2 Å². The van der Waals surface area contributed by atoms with Crippen LogP contribution in [0.2, 0.25) is 0 Å². The van der Waals surface area contributed by atoms with E-state index < -0.39 is 0 Å². The molecular weight excluding hydrogens is 258 g/mol. The van der Waals surface area contributed by atoms with Crippen molar-refractivity contribution in [1.82, 2.24) is 9.88 Å². The van der Waals surface area contributed by atoms with Crippen molar-refractivity contribution in [2.24, 2.45) is 5.73 Å². The Morgan fingerprint density at radius 3 is 2.71 bits per heavy atom. The van der Waals surface area contributed by atoms with E-state index in [1.165, 1.54) is 17.4 Å². The van der Waals surface area contributed by atoms with Crippen molar-refractivity contribution in [2.45, 2.75) is 51.2 Å². The Hall–Kier alpha value is -1.45. The first-order valence-electron chi connectivity index (χ1n) is 7.84. The minimum absolute atomic E-state index is 0.111. The zero-order chi connectivity index (χ0) is 15.0. The van der Waals surface area contributed by atoms with Crippen molar-refractivity contribution in [1.29, 1.82) is 0 Å². The van der Waals surface area contributed by atoms with E-state index in [4.69, 9.17) is 5.73 Å². The Morgan fingerprint density at radius 1 is 1.19 bits per heavy atom. The fourth-order valence-electron chi connectivity index (χ4n) is 3.54. The molecule has 0 aliphatic carbocycles. The number of para-hydroxylation sites is 1. The van der Waals surface area contributed by atoms with E-state index in [-0.39, 0.29) is 17.6 Å². The molecule has 0 amide bonds. The van der Waals surface area contributed by atoms with Crippen LogP contribution in [-0.4, -0.2) is 28.0 Å². The number of pyridine rings is 1. The number of nitrogens with two attached hydrogens (primary N) is 1. The summed E-state index contributed by atoms with van der Waals surface area (Å²) in [5.41, 5.74) is 9.00. The van der Waals surface area contributed by atoms with Crippen LogP contribution in [0.3, 0.4) is 0 Å². The second-order valence-corrected chi connectivity index (χ2v) is 7.04. The lowest BCUT2D eigenvalue weighted by atomic mass is 9.86. The number of benzene rings is 1. The fourth-order valence-corrected chi connectivity index (χ4v) is 3.54. The van der Waals surface area contributed by atoms with Gasteiger partial charge in [-0.2, -0.15) is 0 Å². The van der Waals surface area contributed by atoms with E-state index in [1.807, 2.05) is 12.3 Å². The maximum absolute atomic E-state index is 6.52. The van der Waals surface area contributed by atoms with E-state index in [0.717, 1.165) is 18.5 Å². The molecule has 1 aliphatic rings. The highest BCUT2D eigenvalue weighted by Gasteiger charge is 2.37. The molecule has 2 atom stereocenters. The summed E-state index contributed by atoms with van der Waals surface area (Å²) in [5.74, 6) is 0. The summed E-state index contributed by atoms with van der Waals surface area (Å²) in [6, 6.07) is 11.0. The predicted octanol–water partition coefficient (Wildman–Crippen LogP) is 3.50. The highest BCUT2D eigenvalue weighted by Crippen LogP contribution is 2.37. The molecule has 1 aromatic heterocycles. The lowest BCUT2D eigenvalue weighted by molar-refractivity contribution is 0.0391. The largest absolute Gasteiger partial charge is 0.326 e. The molecule has 0 saturated carbocycles. The van der Waals surface area contributed by atoms with Crippen molar-refractivity contribution in [3.05, 3.63) is 42.1 Å². The van der Waals surface area contributed by atoms with Gasteiger partial charge in [0.1, 0.15) is 0 Å². The highest BCUT2D eigenvalue weighted by atomic mass is 15.2. The first-order chi connectivity index (χ1) is 9.98. The quantitative estimate of drug-likeness (QED) is 0.871. The number of piperidine rings is 1. The zero-order valence-electron chi connectivity index (χ0n) is 13.2. The number of hydrogen-bond acceptors (Lipinski definition) is 3. The van der Waals surface area contributed by atoms with Gasteiger partial charge in [-0.3, -0.25) is 9.88 Å². The van der Waals surface area contributed by atoms with Gasteiger partial charge in [-0.15, -0.1) is 0 Å². The van der Waals surface area contributed by atoms with Crippen molar-refractivity contribution >= 4 is 10.9 Å². The molecule has 2 aromatic rings. The Morgan fingerprint density at radius 2 is 1.95 bits per heavy atom. The predicted molar refractivity (Wildman–Crippen MR) is 88.2 cm³/mol. The Balaban J connectivity index is 2.13. The van der Waals surface area contributed by atoms with Crippen LogP contribution in [0, 0.1) is 0 Å². The molecule has 2 N–H and O–H groups in total. The minimum Gasteiger partial charge on any atom is -0.326 e. The zero-order valence-corrected chi connectivity index (χ0v) is 13.2. The smallest absolute Gasteiger partial charge is 0.0750 e. The van der Waals surface area contributed by atoms with E-state index in [2.05, 4.69) is 54.9 Å². The maximum atomic E-state index is 6.52. The second-order valence-electron chi connectivity index (χ2n) is 7.04. The van der Waals surface area contributed by atoms with Crippen molar-refractivity contribution in [3.63, 3.8) is 0 Å². The first kappa shape index (κ1) is 14.5. The molecule has 3 nitrogen and oxygen atoms in total. The number of nitrogens with zero attached hydrogens (tertiary/aromatic N) is 2. The summed E-state index contributed by atoms with van der Waals surface area (Å²) in [7, 11) is 0. The number of fused-ring (bicyclic) bond motifs is 1. The van der Waals surface area contributed by atoms with Crippen LogP contribution in [0.15, 0.2) is 36.5 Å². The van der Waals surface area contributed by atoms with Gasteiger partial charge in [0.2, 0.25) is 0 Å². The number of likely N-dealkylation sites (tertiary alicyclic amines) is 1. The average Bonchev–Trinajstić information content (AvgIpc) is 2.46. The van der Waals surface area contributed by atoms with Gasteiger partial charge in [-0.1, -0.05) is 24.3 Å². The molecule has 0 bridgehead atoms. The van der Waals surface area contributed by atoms with Crippen molar-refractivity contribution < 1.29 is 0 Å². The van der Waals surface area contributed by atoms with E-state index in [1.54, 1.807) is 0 Å².